The van der Waals surface area contributed by atoms with E-state index in [9.17, 15) is 9.46 Å². The van der Waals surface area contributed by atoms with Crippen molar-refractivity contribution in [2.75, 3.05) is 13.2 Å². The summed E-state index contributed by atoms with van der Waals surface area (Å²) in [4.78, 5) is 11.6. The van der Waals surface area contributed by atoms with Crippen molar-refractivity contribution < 1.29 is 14.0 Å². The van der Waals surface area contributed by atoms with E-state index in [1.54, 1.807) is 13.8 Å². The third kappa shape index (κ3) is 12.3. The molecule has 0 aromatic rings. The van der Waals surface area contributed by atoms with Gasteiger partial charge in [0.05, 0.1) is 12.4 Å². The first-order valence-electron chi connectivity index (χ1n) is 8.73. The largest absolute Gasteiger partial charge is 0.777 e. The molecule has 0 amide bonds. The van der Waals surface area contributed by atoms with Gasteiger partial charge in [-0.1, -0.05) is 64.7 Å². The second-order valence-corrected chi connectivity index (χ2v) is 7.88. The van der Waals surface area contributed by atoms with Crippen LogP contribution < -0.4 is 10.2 Å². The second-order valence-electron chi connectivity index (χ2n) is 5.77. The number of rotatable bonds is 15. The summed E-state index contributed by atoms with van der Waals surface area (Å²) in [5.74, 6) is -0.587. The number of hydrogen-bond donors (Lipinski definition) is 1. The minimum atomic E-state index is -3.72. The molecular weight excluding hydrogens is 285 g/mol. The highest BCUT2D eigenvalue weighted by atomic mass is 31.2. The molecule has 128 valence electrons. The molecule has 0 rings (SSSR count). The maximum atomic E-state index is 11.6. The second kappa shape index (κ2) is 13.8. The summed E-state index contributed by atoms with van der Waals surface area (Å²) < 4.78 is 16.4. The number of hydrogen-bond acceptors (Lipinski definition) is 4. The summed E-state index contributed by atoms with van der Waals surface area (Å²) in [6.45, 7) is 6.55. The molecule has 0 spiro atoms. The van der Waals surface area contributed by atoms with Gasteiger partial charge in [-0.15, -0.1) is 0 Å². The maximum absolute atomic E-state index is 11.6. The number of nitrogens with one attached hydrogen (secondary N) is 1. The average Bonchev–Trinajstić information content (AvgIpc) is 2.44. The van der Waals surface area contributed by atoms with Gasteiger partial charge < -0.3 is 19.3 Å². The molecule has 5 heteroatoms. The molecule has 4 nitrogen and oxygen atoms in total. The van der Waals surface area contributed by atoms with Crippen LogP contribution in [0.25, 0.3) is 0 Å². The van der Waals surface area contributed by atoms with Crippen LogP contribution in [0.2, 0.25) is 0 Å². The molecule has 0 aromatic heterocycles. The molecule has 0 radical (unpaired) electrons. The maximum Gasteiger partial charge on any atom is 0.151 e. The van der Waals surface area contributed by atoms with Gasteiger partial charge in [0.1, 0.15) is 0 Å². The fourth-order valence-electron chi connectivity index (χ4n) is 2.33. The molecule has 2 atom stereocenters. The van der Waals surface area contributed by atoms with Crippen LogP contribution in [0.1, 0.15) is 85.0 Å². The minimum absolute atomic E-state index is 0.213. The Morgan fingerprint density at radius 1 is 0.952 bits per heavy atom. The fraction of sp³-hybridized carbons (Fsp3) is 1.00. The molecule has 21 heavy (non-hydrogen) atoms. The van der Waals surface area contributed by atoms with Crippen molar-refractivity contribution in [1.82, 2.24) is 5.32 Å². The highest BCUT2D eigenvalue weighted by Crippen LogP contribution is 2.40. The van der Waals surface area contributed by atoms with Crippen molar-refractivity contribution >= 4 is 7.60 Å². The zero-order valence-corrected chi connectivity index (χ0v) is 15.1. The monoisotopic (exact) mass is 320 g/mol. The van der Waals surface area contributed by atoms with E-state index in [1.807, 2.05) is 0 Å². The van der Waals surface area contributed by atoms with Gasteiger partial charge in [0, 0.05) is 0 Å². The smallest absolute Gasteiger partial charge is 0.151 e. The Balaban J connectivity index is 3.34. The first kappa shape index (κ1) is 21.1. The van der Waals surface area contributed by atoms with Gasteiger partial charge in [-0.05, 0) is 26.8 Å². The van der Waals surface area contributed by atoms with Gasteiger partial charge in [-0.25, -0.2) is 0 Å². The molecule has 1 N–H and O–H groups in total. The van der Waals surface area contributed by atoms with E-state index < -0.39 is 13.4 Å². The van der Waals surface area contributed by atoms with E-state index in [0.717, 1.165) is 13.0 Å². The molecule has 0 saturated carbocycles. The first-order valence-corrected chi connectivity index (χ1v) is 10.3. The van der Waals surface area contributed by atoms with Crippen LogP contribution in [-0.2, 0) is 9.09 Å². The summed E-state index contributed by atoms with van der Waals surface area (Å²) in [6.07, 6.45) is 12.9. The summed E-state index contributed by atoms with van der Waals surface area (Å²) in [6, 6.07) is 0. The van der Waals surface area contributed by atoms with Crippen molar-refractivity contribution in [2.45, 2.75) is 90.8 Å². The van der Waals surface area contributed by atoms with Crippen molar-refractivity contribution in [3.05, 3.63) is 0 Å². The van der Waals surface area contributed by atoms with Gasteiger partial charge in [0.15, 0.2) is 7.60 Å². The molecule has 0 aliphatic carbocycles. The van der Waals surface area contributed by atoms with Gasteiger partial charge in [0.25, 0.3) is 0 Å². The summed E-state index contributed by atoms with van der Waals surface area (Å²) >= 11 is 0. The van der Waals surface area contributed by atoms with E-state index in [1.165, 1.54) is 57.8 Å². The lowest BCUT2D eigenvalue weighted by Gasteiger charge is -2.29. The summed E-state index contributed by atoms with van der Waals surface area (Å²) in [7, 11) is -3.72. The van der Waals surface area contributed by atoms with Gasteiger partial charge in [-0.3, -0.25) is 0 Å². The van der Waals surface area contributed by atoms with Crippen LogP contribution in [0.3, 0.4) is 0 Å². The lowest BCUT2D eigenvalue weighted by Crippen LogP contribution is -2.31. The van der Waals surface area contributed by atoms with Crippen LogP contribution in [0.5, 0.6) is 0 Å². The van der Waals surface area contributed by atoms with Crippen molar-refractivity contribution in [3.8, 4) is 0 Å². The normalized spacial score (nSPS) is 15.8. The topological polar surface area (TPSA) is 61.4 Å². The van der Waals surface area contributed by atoms with E-state index in [0.29, 0.717) is 0 Å². The Morgan fingerprint density at radius 2 is 1.43 bits per heavy atom. The van der Waals surface area contributed by atoms with Crippen molar-refractivity contribution in [1.29, 1.82) is 0 Å². The standard InChI is InChI=1S/C16H36NO3P/c1-4-6-7-8-9-10-11-12-13-14-15-17-16(3)21(18,19)20-5-2/h16-17H,4-15H2,1-3H3,(H,18,19)/p-1. The Kier molecular flexibility index (Phi) is 13.8. The molecule has 0 saturated heterocycles. The molecule has 0 fully saturated rings. The summed E-state index contributed by atoms with van der Waals surface area (Å²) in [5.41, 5.74) is 0. The minimum Gasteiger partial charge on any atom is -0.777 e. The van der Waals surface area contributed by atoms with Crippen molar-refractivity contribution in [2.24, 2.45) is 0 Å². The third-order valence-corrected chi connectivity index (χ3v) is 5.50. The zero-order valence-electron chi connectivity index (χ0n) is 14.2. The Hall–Kier alpha value is 0.110. The van der Waals surface area contributed by atoms with Crippen molar-refractivity contribution in [3.63, 3.8) is 0 Å². The first-order chi connectivity index (χ1) is 10.0. The van der Waals surface area contributed by atoms with Crippen LogP contribution in [0.15, 0.2) is 0 Å². The Morgan fingerprint density at radius 3 is 1.90 bits per heavy atom. The van der Waals surface area contributed by atoms with Crippen LogP contribution in [0, 0.1) is 0 Å². The van der Waals surface area contributed by atoms with Crippen LogP contribution in [0.4, 0.5) is 0 Å². The molecule has 0 aliphatic heterocycles. The lowest BCUT2D eigenvalue weighted by atomic mass is 10.1. The molecule has 0 aromatic carbocycles. The Bertz CT molecular complexity index is 274. The highest BCUT2D eigenvalue weighted by Gasteiger charge is 2.16. The quantitative estimate of drug-likeness (QED) is 0.358. The fourth-order valence-corrected chi connectivity index (χ4v) is 3.26. The summed E-state index contributed by atoms with van der Waals surface area (Å²) in [5, 5.41) is 3.03. The average molecular weight is 320 g/mol. The molecular formula is C16H35NO3P-. The predicted octanol–water partition coefficient (Wildman–Crippen LogP) is 4.43. The third-order valence-electron chi connectivity index (χ3n) is 3.75. The van der Waals surface area contributed by atoms with E-state index in [-0.39, 0.29) is 6.61 Å². The van der Waals surface area contributed by atoms with Gasteiger partial charge in [0.2, 0.25) is 0 Å². The predicted molar refractivity (Wildman–Crippen MR) is 88.5 cm³/mol. The van der Waals surface area contributed by atoms with Crippen LogP contribution in [-0.4, -0.2) is 18.9 Å². The zero-order chi connectivity index (χ0) is 16.0. The lowest BCUT2D eigenvalue weighted by molar-refractivity contribution is -0.201. The molecule has 0 aliphatic rings. The van der Waals surface area contributed by atoms with Crippen LogP contribution >= 0.6 is 7.60 Å². The SMILES string of the molecule is CCCCCCCCCCCCNC(C)P(=O)([O-])OCC. The highest BCUT2D eigenvalue weighted by molar-refractivity contribution is 7.52. The van der Waals surface area contributed by atoms with E-state index >= 15 is 0 Å². The molecule has 0 heterocycles. The van der Waals surface area contributed by atoms with Gasteiger partial charge >= 0.3 is 0 Å². The number of unbranched alkanes of at least 4 members (excludes halogenated alkanes) is 9. The Labute approximate surface area is 131 Å². The van der Waals surface area contributed by atoms with Gasteiger partial charge in [-0.2, -0.15) is 0 Å². The van der Waals surface area contributed by atoms with E-state index in [2.05, 4.69) is 12.2 Å². The molecule has 2 unspecified atom stereocenters. The van der Waals surface area contributed by atoms with E-state index in [4.69, 9.17) is 4.52 Å². The molecule has 0 bridgehead atoms.